The molecule has 0 atom stereocenters. The largest absolute Gasteiger partial charge is 0.300 e. The minimum atomic E-state index is -3.77. The topological polar surface area (TPSA) is 83.8 Å². The molecule has 0 radical (unpaired) electrons. The molecule has 0 unspecified atom stereocenters. The Kier molecular flexibility index (Phi) is 5.83. The number of rotatable bonds is 6. The van der Waals surface area contributed by atoms with Gasteiger partial charge in [-0.15, -0.1) is 0 Å². The third-order valence-corrected chi connectivity index (χ3v) is 6.55. The Hall–Kier alpha value is -2.36. The van der Waals surface area contributed by atoms with Crippen LogP contribution in [0.4, 0.5) is 10.1 Å². The van der Waals surface area contributed by atoms with Crippen LogP contribution in [0.1, 0.15) is 5.56 Å². The fraction of sp³-hybridized carbons (Fsp3) is 0.333. The first-order valence-electron chi connectivity index (χ1n) is 8.58. The highest BCUT2D eigenvalue weighted by Gasteiger charge is 2.29. The molecule has 27 heavy (non-hydrogen) atoms. The van der Waals surface area contributed by atoms with Crippen molar-refractivity contribution in [2.75, 3.05) is 32.7 Å². The van der Waals surface area contributed by atoms with Gasteiger partial charge in [-0.2, -0.15) is 4.31 Å². The van der Waals surface area contributed by atoms with Crippen molar-refractivity contribution in [2.45, 2.75) is 11.3 Å². The van der Waals surface area contributed by atoms with Crippen molar-refractivity contribution in [3.8, 4) is 0 Å². The van der Waals surface area contributed by atoms with Crippen LogP contribution in [-0.2, 0) is 16.4 Å². The van der Waals surface area contributed by atoms with E-state index < -0.39 is 14.9 Å². The zero-order valence-corrected chi connectivity index (χ0v) is 15.4. The van der Waals surface area contributed by atoms with E-state index in [9.17, 15) is 22.9 Å². The molecule has 0 aromatic heterocycles. The van der Waals surface area contributed by atoms with Gasteiger partial charge in [-0.05, 0) is 24.1 Å². The van der Waals surface area contributed by atoms with E-state index in [1.165, 1.54) is 28.6 Å². The zero-order chi connectivity index (χ0) is 19.4. The summed E-state index contributed by atoms with van der Waals surface area (Å²) in [5.74, 6) is -0.232. The first kappa shape index (κ1) is 19.4. The molecule has 0 aliphatic carbocycles. The van der Waals surface area contributed by atoms with Crippen molar-refractivity contribution in [3.05, 3.63) is 70.0 Å². The van der Waals surface area contributed by atoms with Crippen molar-refractivity contribution in [1.29, 1.82) is 0 Å². The minimum absolute atomic E-state index is 0.0727. The Morgan fingerprint density at radius 3 is 2.41 bits per heavy atom. The number of benzene rings is 2. The van der Waals surface area contributed by atoms with E-state index in [1.54, 1.807) is 18.2 Å². The van der Waals surface area contributed by atoms with Gasteiger partial charge in [0.2, 0.25) is 10.0 Å². The molecule has 1 aliphatic heterocycles. The van der Waals surface area contributed by atoms with Crippen LogP contribution in [0, 0.1) is 15.9 Å². The third-order valence-electron chi connectivity index (χ3n) is 4.65. The van der Waals surface area contributed by atoms with Gasteiger partial charge in [-0.1, -0.05) is 24.3 Å². The van der Waals surface area contributed by atoms with Gasteiger partial charge in [0.15, 0.2) is 0 Å². The highest BCUT2D eigenvalue weighted by molar-refractivity contribution is 7.89. The molecule has 0 spiro atoms. The number of nitro groups is 1. The summed E-state index contributed by atoms with van der Waals surface area (Å²) in [4.78, 5) is 12.3. The summed E-state index contributed by atoms with van der Waals surface area (Å²) >= 11 is 0. The first-order chi connectivity index (χ1) is 12.9. The second-order valence-electron chi connectivity index (χ2n) is 6.34. The number of hydrogen-bond donors (Lipinski definition) is 0. The summed E-state index contributed by atoms with van der Waals surface area (Å²) in [5, 5.41) is 10.9. The monoisotopic (exact) mass is 393 g/mol. The highest BCUT2D eigenvalue weighted by atomic mass is 32.2. The average molecular weight is 393 g/mol. The predicted octanol–water partition coefficient (Wildman–Crippen LogP) is 2.28. The Bertz CT molecular complexity index is 928. The van der Waals surface area contributed by atoms with Crippen LogP contribution in [-0.4, -0.2) is 55.3 Å². The number of sulfonamides is 1. The predicted molar refractivity (Wildman–Crippen MR) is 98.4 cm³/mol. The van der Waals surface area contributed by atoms with Crippen molar-refractivity contribution in [3.63, 3.8) is 0 Å². The molecule has 1 fully saturated rings. The second-order valence-corrected chi connectivity index (χ2v) is 8.28. The smallest absolute Gasteiger partial charge is 0.270 e. The number of hydrogen-bond acceptors (Lipinski definition) is 5. The zero-order valence-electron chi connectivity index (χ0n) is 14.6. The maximum atomic E-state index is 13.7. The number of piperazine rings is 1. The summed E-state index contributed by atoms with van der Waals surface area (Å²) in [6.45, 7) is 2.29. The highest BCUT2D eigenvalue weighted by Crippen LogP contribution is 2.22. The van der Waals surface area contributed by atoms with E-state index in [4.69, 9.17) is 0 Å². The summed E-state index contributed by atoms with van der Waals surface area (Å²) in [7, 11) is -3.77. The Morgan fingerprint density at radius 2 is 1.74 bits per heavy atom. The standard InChI is InChI=1S/C18H20FN3O4S/c19-18-7-2-1-4-15(18)8-9-20-10-12-21(13-11-20)27(25,26)17-6-3-5-16(14-17)22(23)24/h1-7,14H,8-13H2. The first-order valence-corrected chi connectivity index (χ1v) is 10.0. The van der Waals surface area contributed by atoms with Gasteiger partial charge in [0, 0.05) is 44.9 Å². The molecule has 0 bridgehead atoms. The Labute approximate surface area is 157 Å². The molecular weight excluding hydrogens is 373 g/mol. The van der Waals surface area contributed by atoms with Crippen molar-refractivity contribution >= 4 is 15.7 Å². The van der Waals surface area contributed by atoms with Crippen LogP contribution in [0.3, 0.4) is 0 Å². The maximum absolute atomic E-state index is 13.7. The van der Waals surface area contributed by atoms with E-state index in [1.807, 2.05) is 0 Å². The third kappa shape index (κ3) is 4.49. The molecule has 9 heteroatoms. The SMILES string of the molecule is O=[N+]([O-])c1cccc(S(=O)(=O)N2CCN(CCc3ccccc3F)CC2)c1. The lowest BCUT2D eigenvalue weighted by molar-refractivity contribution is -0.385. The molecule has 1 saturated heterocycles. The second kappa shape index (κ2) is 8.12. The lowest BCUT2D eigenvalue weighted by Crippen LogP contribution is -2.49. The minimum Gasteiger partial charge on any atom is -0.300 e. The van der Waals surface area contributed by atoms with E-state index >= 15 is 0 Å². The fourth-order valence-electron chi connectivity index (χ4n) is 3.08. The van der Waals surface area contributed by atoms with Crippen LogP contribution >= 0.6 is 0 Å². The molecule has 7 nitrogen and oxygen atoms in total. The quantitative estimate of drug-likeness (QED) is 0.555. The molecular formula is C18H20FN3O4S. The van der Waals surface area contributed by atoms with Gasteiger partial charge in [-0.25, -0.2) is 12.8 Å². The van der Waals surface area contributed by atoms with Gasteiger partial charge >= 0.3 is 0 Å². The Morgan fingerprint density at radius 1 is 1.04 bits per heavy atom. The van der Waals surface area contributed by atoms with Crippen LogP contribution in [0.15, 0.2) is 53.4 Å². The van der Waals surface area contributed by atoms with E-state index in [0.29, 0.717) is 44.7 Å². The van der Waals surface area contributed by atoms with E-state index in [-0.39, 0.29) is 16.4 Å². The van der Waals surface area contributed by atoms with E-state index in [2.05, 4.69) is 4.90 Å². The molecule has 0 amide bonds. The van der Waals surface area contributed by atoms with E-state index in [0.717, 1.165) is 6.07 Å². The Balaban J connectivity index is 1.60. The molecule has 3 rings (SSSR count). The van der Waals surface area contributed by atoms with Crippen LogP contribution < -0.4 is 0 Å². The van der Waals surface area contributed by atoms with Gasteiger partial charge < -0.3 is 4.90 Å². The summed E-state index contributed by atoms with van der Waals surface area (Å²) in [5.41, 5.74) is 0.392. The molecule has 2 aromatic rings. The van der Waals surface area contributed by atoms with Crippen LogP contribution in [0.25, 0.3) is 0 Å². The van der Waals surface area contributed by atoms with Crippen LogP contribution in [0.2, 0.25) is 0 Å². The molecule has 2 aromatic carbocycles. The maximum Gasteiger partial charge on any atom is 0.270 e. The number of halogens is 1. The molecule has 144 valence electrons. The molecule has 0 saturated carbocycles. The number of nitro benzene ring substituents is 1. The van der Waals surface area contributed by atoms with Crippen LogP contribution in [0.5, 0.6) is 0 Å². The summed E-state index contributed by atoms with van der Waals surface area (Å²) in [6, 6.07) is 11.7. The fourth-order valence-corrected chi connectivity index (χ4v) is 4.54. The van der Waals surface area contributed by atoms with Gasteiger partial charge in [0.05, 0.1) is 9.82 Å². The molecule has 0 N–H and O–H groups in total. The normalized spacial score (nSPS) is 16.3. The van der Waals surface area contributed by atoms with Crippen molar-refractivity contribution in [2.24, 2.45) is 0 Å². The number of non-ortho nitro benzene ring substituents is 1. The number of nitrogens with zero attached hydrogens (tertiary/aromatic N) is 3. The lowest BCUT2D eigenvalue weighted by atomic mass is 10.1. The average Bonchev–Trinajstić information content (AvgIpc) is 2.68. The van der Waals surface area contributed by atoms with Gasteiger partial charge in [0.1, 0.15) is 5.82 Å². The molecule has 1 aliphatic rings. The van der Waals surface area contributed by atoms with Crippen molar-refractivity contribution < 1.29 is 17.7 Å². The van der Waals surface area contributed by atoms with Gasteiger partial charge in [0.25, 0.3) is 5.69 Å². The summed E-state index contributed by atoms with van der Waals surface area (Å²) in [6.07, 6.45) is 0.560. The summed E-state index contributed by atoms with van der Waals surface area (Å²) < 4.78 is 40.5. The van der Waals surface area contributed by atoms with Crippen molar-refractivity contribution in [1.82, 2.24) is 9.21 Å². The molecule has 1 heterocycles. The lowest BCUT2D eigenvalue weighted by Gasteiger charge is -2.34. The van der Waals surface area contributed by atoms with Gasteiger partial charge in [-0.3, -0.25) is 10.1 Å².